The van der Waals surface area contributed by atoms with E-state index in [-0.39, 0.29) is 0 Å². The van der Waals surface area contributed by atoms with E-state index in [0.717, 1.165) is 18.2 Å². The highest BCUT2D eigenvalue weighted by Crippen LogP contribution is 2.42. The molecule has 2 heteroatoms. The van der Waals surface area contributed by atoms with Crippen molar-refractivity contribution < 1.29 is 4.74 Å². The number of methoxy groups -OCH3 is 1. The van der Waals surface area contributed by atoms with Gasteiger partial charge >= 0.3 is 0 Å². The Kier molecular flexibility index (Phi) is 3.27. The predicted octanol–water partition coefficient (Wildman–Crippen LogP) is 2.41. The maximum atomic E-state index is 5.26. The first-order chi connectivity index (χ1) is 7.35. The SMILES string of the molecule is CNCC(c1cccc(OC)c1)C1CC1. The van der Waals surface area contributed by atoms with Gasteiger partial charge in [0.25, 0.3) is 0 Å². The molecule has 1 aliphatic rings. The molecule has 0 bridgehead atoms. The molecule has 0 heterocycles. The smallest absolute Gasteiger partial charge is 0.119 e. The Balaban J connectivity index is 2.16. The zero-order chi connectivity index (χ0) is 10.7. The van der Waals surface area contributed by atoms with Gasteiger partial charge in [0.1, 0.15) is 5.75 Å². The first-order valence-electron chi connectivity index (χ1n) is 5.63. The summed E-state index contributed by atoms with van der Waals surface area (Å²) in [7, 11) is 3.75. The van der Waals surface area contributed by atoms with Crippen molar-refractivity contribution in [3.63, 3.8) is 0 Å². The molecule has 0 amide bonds. The molecule has 0 saturated heterocycles. The fourth-order valence-corrected chi connectivity index (χ4v) is 2.15. The minimum absolute atomic E-state index is 0.657. The zero-order valence-electron chi connectivity index (χ0n) is 9.49. The van der Waals surface area contributed by atoms with E-state index in [2.05, 4.69) is 23.5 Å². The first kappa shape index (κ1) is 10.5. The average molecular weight is 205 g/mol. The van der Waals surface area contributed by atoms with Gasteiger partial charge in [-0.3, -0.25) is 0 Å². The second kappa shape index (κ2) is 4.67. The van der Waals surface area contributed by atoms with Gasteiger partial charge in [0.05, 0.1) is 7.11 Å². The summed E-state index contributed by atoms with van der Waals surface area (Å²) in [6, 6.07) is 8.47. The Morgan fingerprint density at radius 3 is 2.87 bits per heavy atom. The number of hydrogen-bond donors (Lipinski definition) is 1. The highest BCUT2D eigenvalue weighted by atomic mass is 16.5. The normalized spacial score (nSPS) is 17.5. The summed E-state index contributed by atoms with van der Waals surface area (Å²) >= 11 is 0. The predicted molar refractivity (Wildman–Crippen MR) is 62.4 cm³/mol. The van der Waals surface area contributed by atoms with Crippen molar-refractivity contribution in [2.24, 2.45) is 5.92 Å². The molecule has 1 aromatic rings. The maximum absolute atomic E-state index is 5.26. The number of benzene rings is 1. The molecule has 0 radical (unpaired) electrons. The van der Waals surface area contributed by atoms with E-state index in [4.69, 9.17) is 4.74 Å². The van der Waals surface area contributed by atoms with Crippen LogP contribution in [0.5, 0.6) is 5.75 Å². The van der Waals surface area contributed by atoms with Crippen LogP contribution in [0, 0.1) is 5.92 Å². The summed E-state index contributed by atoms with van der Waals surface area (Å²) < 4.78 is 5.26. The number of ether oxygens (including phenoxy) is 1. The third kappa shape index (κ3) is 2.51. The second-order valence-corrected chi connectivity index (χ2v) is 4.28. The Hall–Kier alpha value is -1.02. The molecule has 0 spiro atoms. The van der Waals surface area contributed by atoms with Crippen LogP contribution in [0.3, 0.4) is 0 Å². The van der Waals surface area contributed by atoms with Gasteiger partial charge in [0, 0.05) is 6.54 Å². The van der Waals surface area contributed by atoms with Gasteiger partial charge in [-0.05, 0) is 49.4 Å². The average Bonchev–Trinajstić information content (AvgIpc) is 3.10. The molecule has 1 N–H and O–H groups in total. The minimum Gasteiger partial charge on any atom is -0.497 e. The molecule has 1 unspecified atom stereocenters. The molecule has 0 aliphatic heterocycles. The summed E-state index contributed by atoms with van der Waals surface area (Å²) in [6.07, 6.45) is 2.76. The number of nitrogens with one attached hydrogen (secondary N) is 1. The van der Waals surface area contributed by atoms with Crippen LogP contribution in [0.15, 0.2) is 24.3 Å². The molecular formula is C13H19NO. The third-order valence-electron chi connectivity index (χ3n) is 3.14. The molecule has 2 rings (SSSR count). The fourth-order valence-electron chi connectivity index (χ4n) is 2.15. The van der Waals surface area contributed by atoms with Crippen molar-refractivity contribution in [1.29, 1.82) is 0 Å². The highest BCUT2D eigenvalue weighted by molar-refractivity contribution is 5.32. The van der Waals surface area contributed by atoms with Gasteiger partial charge in [0.15, 0.2) is 0 Å². The van der Waals surface area contributed by atoms with Crippen LogP contribution in [0.25, 0.3) is 0 Å². The Labute approximate surface area is 91.6 Å². The second-order valence-electron chi connectivity index (χ2n) is 4.28. The van der Waals surface area contributed by atoms with Crippen LogP contribution >= 0.6 is 0 Å². The number of rotatable bonds is 5. The van der Waals surface area contributed by atoms with Crippen molar-refractivity contribution in [3.05, 3.63) is 29.8 Å². The fraction of sp³-hybridized carbons (Fsp3) is 0.538. The lowest BCUT2D eigenvalue weighted by molar-refractivity contribution is 0.413. The van der Waals surface area contributed by atoms with Crippen LogP contribution in [0.1, 0.15) is 24.3 Å². The molecule has 1 fully saturated rings. The van der Waals surface area contributed by atoms with Crippen molar-refractivity contribution in [2.75, 3.05) is 20.7 Å². The monoisotopic (exact) mass is 205 g/mol. The van der Waals surface area contributed by atoms with E-state index in [9.17, 15) is 0 Å². The van der Waals surface area contributed by atoms with Crippen LogP contribution in [-0.2, 0) is 0 Å². The van der Waals surface area contributed by atoms with Crippen LogP contribution in [0.2, 0.25) is 0 Å². The van der Waals surface area contributed by atoms with E-state index >= 15 is 0 Å². The molecule has 1 aliphatic carbocycles. The van der Waals surface area contributed by atoms with E-state index in [1.807, 2.05) is 13.1 Å². The maximum Gasteiger partial charge on any atom is 0.119 e. The first-order valence-corrected chi connectivity index (χ1v) is 5.63. The van der Waals surface area contributed by atoms with Gasteiger partial charge in [-0.1, -0.05) is 12.1 Å². The molecular weight excluding hydrogens is 186 g/mol. The molecule has 1 aromatic carbocycles. The summed E-state index contributed by atoms with van der Waals surface area (Å²) in [4.78, 5) is 0. The van der Waals surface area contributed by atoms with Crippen LogP contribution in [-0.4, -0.2) is 20.7 Å². The van der Waals surface area contributed by atoms with E-state index in [1.165, 1.54) is 18.4 Å². The Bertz CT molecular complexity index is 320. The molecule has 0 aromatic heterocycles. The van der Waals surface area contributed by atoms with Crippen LogP contribution in [0.4, 0.5) is 0 Å². The van der Waals surface area contributed by atoms with Gasteiger partial charge in [-0.15, -0.1) is 0 Å². The quantitative estimate of drug-likeness (QED) is 0.797. The molecule has 82 valence electrons. The summed E-state index contributed by atoms with van der Waals surface area (Å²) in [5, 5.41) is 3.28. The van der Waals surface area contributed by atoms with Crippen molar-refractivity contribution in [1.82, 2.24) is 5.32 Å². The largest absolute Gasteiger partial charge is 0.497 e. The van der Waals surface area contributed by atoms with Crippen molar-refractivity contribution in [2.45, 2.75) is 18.8 Å². The topological polar surface area (TPSA) is 21.3 Å². The van der Waals surface area contributed by atoms with Gasteiger partial charge in [0.2, 0.25) is 0 Å². The summed E-state index contributed by atoms with van der Waals surface area (Å²) in [6.45, 7) is 1.07. The van der Waals surface area contributed by atoms with Gasteiger partial charge < -0.3 is 10.1 Å². The third-order valence-corrected chi connectivity index (χ3v) is 3.14. The number of likely N-dealkylation sites (N-methyl/N-ethyl adjacent to an activating group) is 1. The van der Waals surface area contributed by atoms with Gasteiger partial charge in [-0.2, -0.15) is 0 Å². The summed E-state index contributed by atoms with van der Waals surface area (Å²) in [5.41, 5.74) is 1.41. The minimum atomic E-state index is 0.657. The van der Waals surface area contributed by atoms with E-state index in [0.29, 0.717) is 5.92 Å². The molecule has 2 nitrogen and oxygen atoms in total. The zero-order valence-corrected chi connectivity index (χ0v) is 9.49. The molecule has 1 saturated carbocycles. The highest BCUT2D eigenvalue weighted by Gasteiger charge is 2.31. The standard InChI is InChI=1S/C13H19NO/c1-14-9-13(10-6-7-10)11-4-3-5-12(8-11)15-2/h3-5,8,10,13-14H,6-7,9H2,1-2H3. The molecule has 1 atom stereocenters. The lowest BCUT2D eigenvalue weighted by atomic mass is 9.94. The lowest BCUT2D eigenvalue weighted by Crippen LogP contribution is -2.18. The van der Waals surface area contributed by atoms with Crippen molar-refractivity contribution in [3.8, 4) is 5.75 Å². The van der Waals surface area contributed by atoms with Gasteiger partial charge in [-0.25, -0.2) is 0 Å². The Morgan fingerprint density at radius 2 is 2.27 bits per heavy atom. The van der Waals surface area contributed by atoms with Crippen LogP contribution < -0.4 is 10.1 Å². The van der Waals surface area contributed by atoms with E-state index < -0.39 is 0 Å². The number of hydrogen-bond acceptors (Lipinski definition) is 2. The Morgan fingerprint density at radius 1 is 1.47 bits per heavy atom. The molecule has 15 heavy (non-hydrogen) atoms. The van der Waals surface area contributed by atoms with E-state index in [1.54, 1.807) is 7.11 Å². The van der Waals surface area contributed by atoms with Crippen molar-refractivity contribution >= 4 is 0 Å². The lowest BCUT2D eigenvalue weighted by Gasteiger charge is -2.16. The summed E-state index contributed by atoms with van der Waals surface area (Å²) in [5.74, 6) is 2.50.